The van der Waals surface area contributed by atoms with E-state index in [4.69, 9.17) is 4.74 Å². The van der Waals surface area contributed by atoms with E-state index < -0.39 is 18.0 Å². The molecule has 1 amide bonds. The van der Waals surface area contributed by atoms with Crippen LogP contribution >= 0.6 is 0 Å². The molecule has 136 valence electrons. The van der Waals surface area contributed by atoms with E-state index in [2.05, 4.69) is 5.32 Å². The van der Waals surface area contributed by atoms with Crippen LogP contribution in [0.2, 0.25) is 0 Å². The average molecular weight is 353 g/mol. The molecule has 0 saturated heterocycles. The van der Waals surface area contributed by atoms with Crippen LogP contribution in [0.4, 0.5) is 5.69 Å². The Morgan fingerprint density at radius 3 is 2.42 bits per heavy atom. The van der Waals surface area contributed by atoms with Crippen LogP contribution in [-0.4, -0.2) is 17.7 Å². The molecule has 26 heavy (non-hydrogen) atoms. The van der Waals surface area contributed by atoms with Crippen molar-refractivity contribution in [3.63, 3.8) is 0 Å². The number of carbonyl (C=O) groups is 3. The number of ether oxygens (including phenoxy) is 1. The minimum atomic E-state index is -1.04. The summed E-state index contributed by atoms with van der Waals surface area (Å²) in [5.41, 5.74) is 1.57. The normalized spacial score (nSPS) is 11.5. The fourth-order valence-electron chi connectivity index (χ4n) is 2.44. The highest BCUT2D eigenvalue weighted by Crippen LogP contribution is 2.21. The molecule has 1 N–H and O–H groups in total. The fraction of sp³-hybridized carbons (Fsp3) is 0.286. The van der Waals surface area contributed by atoms with E-state index in [1.165, 1.54) is 6.92 Å². The van der Waals surface area contributed by atoms with Gasteiger partial charge in [0.1, 0.15) is 0 Å². The summed E-state index contributed by atoms with van der Waals surface area (Å²) in [5.74, 6) is -0.957. The van der Waals surface area contributed by atoms with E-state index in [1.807, 2.05) is 13.0 Å². The number of carbonyl (C=O) groups excluding carboxylic acids is 3. The molecule has 2 aromatic carbocycles. The molecule has 0 heterocycles. The first kappa shape index (κ1) is 19.4. The van der Waals surface area contributed by atoms with Crippen LogP contribution in [0.5, 0.6) is 0 Å². The number of esters is 1. The number of rotatable bonds is 8. The lowest BCUT2D eigenvalue weighted by atomic mass is 10.1. The zero-order valence-corrected chi connectivity index (χ0v) is 15.0. The minimum Gasteiger partial charge on any atom is -0.447 e. The first-order valence-corrected chi connectivity index (χ1v) is 8.67. The lowest BCUT2D eigenvalue weighted by Crippen LogP contribution is -2.26. The predicted octanol–water partition coefficient (Wildman–Crippen LogP) is 4.30. The number of hydrogen-bond acceptors (Lipinski definition) is 4. The van der Waals surface area contributed by atoms with Crippen molar-refractivity contribution in [3.05, 3.63) is 65.7 Å². The van der Waals surface area contributed by atoms with Crippen LogP contribution in [0.25, 0.3) is 0 Å². The van der Waals surface area contributed by atoms with Crippen molar-refractivity contribution in [2.24, 2.45) is 0 Å². The largest absolute Gasteiger partial charge is 0.447 e. The molecule has 1 unspecified atom stereocenters. The summed E-state index contributed by atoms with van der Waals surface area (Å²) in [6, 6.07) is 15.5. The summed E-state index contributed by atoms with van der Waals surface area (Å²) in [6.07, 6.45) is 0.812. The second kappa shape index (κ2) is 9.51. The maximum absolute atomic E-state index is 12.7. The summed E-state index contributed by atoms with van der Waals surface area (Å²) >= 11 is 0. The number of amides is 1. The van der Waals surface area contributed by atoms with Gasteiger partial charge in [0.25, 0.3) is 5.91 Å². The number of benzene rings is 2. The first-order valence-electron chi connectivity index (χ1n) is 8.67. The third kappa shape index (κ3) is 5.55. The zero-order chi connectivity index (χ0) is 18.9. The number of Topliss-reactive ketones (excluding diaryl/α,β-unsaturated/α-hetero) is 1. The molecule has 0 bridgehead atoms. The molecule has 2 aromatic rings. The monoisotopic (exact) mass is 353 g/mol. The molecule has 0 saturated carbocycles. The van der Waals surface area contributed by atoms with Gasteiger partial charge in [-0.25, -0.2) is 0 Å². The van der Waals surface area contributed by atoms with Gasteiger partial charge >= 0.3 is 5.97 Å². The van der Waals surface area contributed by atoms with Gasteiger partial charge in [-0.05, 0) is 25.5 Å². The molecule has 1 atom stereocenters. The highest BCUT2D eigenvalue weighted by molar-refractivity contribution is 5.99. The Hall–Kier alpha value is -2.95. The molecule has 2 rings (SSSR count). The molecular formula is C21H23NO4. The van der Waals surface area contributed by atoms with Crippen molar-refractivity contribution in [1.29, 1.82) is 0 Å². The second-order valence-electron chi connectivity index (χ2n) is 6.01. The number of unbranched alkanes of at least 4 members (excludes halogenated alkanes) is 1. The number of anilines is 1. The minimum absolute atomic E-state index is 0.0910. The van der Waals surface area contributed by atoms with Crippen molar-refractivity contribution < 1.29 is 19.1 Å². The van der Waals surface area contributed by atoms with Crippen LogP contribution in [0.15, 0.2) is 54.6 Å². The highest BCUT2D eigenvalue weighted by atomic mass is 16.5. The molecule has 5 nitrogen and oxygen atoms in total. The van der Waals surface area contributed by atoms with E-state index in [0.29, 0.717) is 23.2 Å². The van der Waals surface area contributed by atoms with Crippen LogP contribution in [-0.2, 0) is 14.3 Å². The van der Waals surface area contributed by atoms with Crippen LogP contribution in [0.3, 0.4) is 0 Å². The molecule has 0 aliphatic rings. The van der Waals surface area contributed by atoms with Gasteiger partial charge in [-0.15, -0.1) is 0 Å². The highest BCUT2D eigenvalue weighted by Gasteiger charge is 2.25. The summed E-state index contributed by atoms with van der Waals surface area (Å²) in [6.45, 7) is 3.44. The average Bonchev–Trinajstić information content (AvgIpc) is 2.65. The van der Waals surface area contributed by atoms with E-state index in [0.717, 1.165) is 6.42 Å². The fourth-order valence-corrected chi connectivity index (χ4v) is 2.44. The SMILES string of the molecule is CCCCC(=O)OC(C(=O)Nc1cccc(C(C)=O)c1)c1ccccc1. The summed E-state index contributed by atoms with van der Waals surface area (Å²) in [4.78, 5) is 36.3. The van der Waals surface area contributed by atoms with Crippen molar-refractivity contribution in [1.82, 2.24) is 0 Å². The molecule has 0 aliphatic carbocycles. The zero-order valence-electron chi connectivity index (χ0n) is 15.0. The van der Waals surface area contributed by atoms with E-state index in [9.17, 15) is 14.4 Å². The van der Waals surface area contributed by atoms with Crippen molar-refractivity contribution >= 4 is 23.3 Å². The second-order valence-corrected chi connectivity index (χ2v) is 6.01. The maximum atomic E-state index is 12.7. The number of hydrogen-bond donors (Lipinski definition) is 1. The summed E-state index contributed by atoms with van der Waals surface area (Å²) in [5, 5.41) is 2.73. The third-order valence-corrected chi connectivity index (χ3v) is 3.86. The Balaban J connectivity index is 2.18. The van der Waals surface area contributed by atoms with Gasteiger partial charge in [0, 0.05) is 23.2 Å². The van der Waals surface area contributed by atoms with Crippen LogP contribution in [0, 0.1) is 0 Å². The Morgan fingerprint density at radius 2 is 1.77 bits per heavy atom. The molecule has 0 spiro atoms. The van der Waals surface area contributed by atoms with Gasteiger partial charge in [-0.3, -0.25) is 14.4 Å². The van der Waals surface area contributed by atoms with Gasteiger partial charge < -0.3 is 10.1 Å². The smallest absolute Gasteiger partial charge is 0.306 e. The maximum Gasteiger partial charge on any atom is 0.306 e. The quantitative estimate of drug-likeness (QED) is 0.567. The Kier molecular flexibility index (Phi) is 7.09. The lowest BCUT2D eigenvalue weighted by Gasteiger charge is -2.18. The van der Waals surface area contributed by atoms with Crippen LogP contribution in [0.1, 0.15) is 55.1 Å². The predicted molar refractivity (Wildman–Crippen MR) is 99.9 cm³/mol. The molecule has 0 aliphatic heterocycles. The topological polar surface area (TPSA) is 72.5 Å². The molecule has 0 fully saturated rings. The van der Waals surface area contributed by atoms with Crippen LogP contribution < -0.4 is 5.32 Å². The van der Waals surface area contributed by atoms with Gasteiger partial charge in [-0.2, -0.15) is 0 Å². The molecular weight excluding hydrogens is 330 g/mol. The van der Waals surface area contributed by atoms with E-state index in [-0.39, 0.29) is 12.2 Å². The van der Waals surface area contributed by atoms with Crippen molar-refractivity contribution in [3.8, 4) is 0 Å². The van der Waals surface area contributed by atoms with Crippen molar-refractivity contribution in [2.45, 2.75) is 39.2 Å². The third-order valence-electron chi connectivity index (χ3n) is 3.86. The Labute approximate surface area is 153 Å². The van der Waals surface area contributed by atoms with Crippen molar-refractivity contribution in [2.75, 3.05) is 5.32 Å². The summed E-state index contributed by atoms with van der Waals surface area (Å²) < 4.78 is 5.43. The van der Waals surface area contributed by atoms with E-state index in [1.54, 1.807) is 48.5 Å². The van der Waals surface area contributed by atoms with Gasteiger partial charge in [0.15, 0.2) is 5.78 Å². The first-order chi connectivity index (χ1) is 12.5. The van der Waals surface area contributed by atoms with Gasteiger partial charge in [-0.1, -0.05) is 55.8 Å². The Morgan fingerprint density at radius 1 is 1.04 bits per heavy atom. The van der Waals surface area contributed by atoms with Gasteiger partial charge in [0.05, 0.1) is 0 Å². The standard InChI is InChI=1S/C21H23NO4/c1-3-4-13-19(24)26-20(16-9-6-5-7-10-16)21(25)22-18-12-8-11-17(14-18)15(2)23/h5-12,14,20H,3-4,13H2,1-2H3,(H,22,25). The number of ketones is 1. The lowest BCUT2D eigenvalue weighted by molar-refractivity contribution is -0.154. The van der Waals surface area contributed by atoms with Gasteiger partial charge in [0.2, 0.25) is 6.10 Å². The number of nitrogens with one attached hydrogen (secondary N) is 1. The molecule has 0 aromatic heterocycles. The van der Waals surface area contributed by atoms with E-state index >= 15 is 0 Å². The summed E-state index contributed by atoms with van der Waals surface area (Å²) in [7, 11) is 0. The molecule has 0 radical (unpaired) electrons. The molecule has 5 heteroatoms. The Bertz CT molecular complexity index is 771.